The first-order valence-corrected chi connectivity index (χ1v) is 9.69. The van der Waals surface area contributed by atoms with Gasteiger partial charge in [0.2, 0.25) is 0 Å². The van der Waals surface area contributed by atoms with Gasteiger partial charge in [-0.15, -0.1) is 0 Å². The van der Waals surface area contributed by atoms with Crippen molar-refractivity contribution in [1.29, 1.82) is 0 Å². The number of benzene rings is 2. The van der Waals surface area contributed by atoms with E-state index in [0.29, 0.717) is 28.3 Å². The second-order valence-corrected chi connectivity index (χ2v) is 7.75. The third kappa shape index (κ3) is 7.02. The third-order valence-electron chi connectivity index (χ3n) is 3.78. The standard InChI is InChI=1S/C22H28N2O2S/c1-16(2)14-24(15-17(3)4)22(27)26-20-12-10-18(11-13-20)21(25)23-19-8-6-5-7-9-19/h5-13,16-17H,14-15H2,1-4H3,(H,23,25). The largest absolute Gasteiger partial charge is 0.432 e. The molecule has 0 aromatic heterocycles. The molecule has 2 aromatic carbocycles. The molecule has 1 amide bonds. The maximum atomic E-state index is 12.3. The van der Waals surface area contributed by atoms with E-state index < -0.39 is 0 Å². The molecule has 4 nitrogen and oxygen atoms in total. The van der Waals surface area contributed by atoms with E-state index >= 15 is 0 Å². The van der Waals surface area contributed by atoms with Crippen LogP contribution >= 0.6 is 12.2 Å². The summed E-state index contributed by atoms with van der Waals surface area (Å²) in [7, 11) is 0. The van der Waals surface area contributed by atoms with Crippen molar-refractivity contribution in [1.82, 2.24) is 4.90 Å². The molecule has 0 atom stereocenters. The van der Waals surface area contributed by atoms with Crippen molar-refractivity contribution in [2.45, 2.75) is 27.7 Å². The molecular weight excluding hydrogens is 356 g/mol. The summed E-state index contributed by atoms with van der Waals surface area (Å²) in [4.78, 5) is 14.4. The van der Waals surface area contributed by atoms with Gasteiger partial charge in [-0.25, -0.2) is 0 Å². The number of amides is 1. The molecule has 5 heteroatoms. The van der Waals surface area contributed by atoms with Crippen molar-refractivity contribution >= 4 is 29.0 Å². The average molecular weight is 385 g/mol. The smallest absolute Gasteiger partial charge is 0.264 e. The summed E-state index contributed by atoms with van der Waals surface area (Å²) in [5.41, 5.74) is 1.33. The first kappa shape index (κ1) is 20.9. The molecule has 0 aliphatic rings. The molecule has 0 heterocycles. The highest BCUT2D eigenvalue weighted by Gasteiger charge is 2.15. The number of carbonyl (C=O) groups is 1. The molecule has 0 spiro atoms. The summed E-state index contributed by atoms with van der Waals surface area (Å²) < 4.78 is 5.86. The Morgan fingerprint density at radius 3 is 2.04 bits per heavy atom. The average Bonchev–Trinajstić information content (AvgIpc) is 2.61. The minimum absolute atomic E-state index is 0.156. The van der Waals surface area contributed by atoms with Gasteiger partial charge in [-0.05, 0) is 60.5 Å². The Labute approximate surface area is 167 Å². The highest BCUT2D eigenvalue weighted by molar-refractivity contribution is 7.80. The quantitative estimate of drug-likeness (QED) is 0.665. The Hall–Kier alpha value is -2.40. The fraction of sp³-hybridized carbons (Fsp3) is 0.364. The van der Waals surface area contributed by atoms with Gasteiger partial charge in [0.15, 0.2) is 0 Å². The molecule has 0 fully saturated rings. The molecule has 0 saturated carbocycles. The van der Waals surface area contributed by atoms with E-state index in [0.717, 1.165) is 18.8 Å². The van der Waals surface area contributed by atoms with Crippen LogP contribution in [0.3, 0.4) is 0 Å². The lowest BCUT2D eigenvalue weighted by atomic mass is 10.1. The van der Waals surface area contributed by atoms with E-state index in [1.807, 2.05) is 30.3 Å². The Morgan fingerprint density at radius 1 is 0.963 bits per heavy atom. The Kier molecular flexibility index (Phi) is 7.80. The van der Waals surface area contributed by atoms with E-state index in [1.54, 1.807) is 24.3 Å². The van der Waals surface area contributed by atoms with Crippen LogP contribution in [-0.2, 0) is 0 Å². The second-order valence-electron chi connectivity index (χ2n) is 7.41. The van der Waals surface area contributed by atoms with Gasteiger partial charge in [0, 0.05) is 24.3 Å². The van der Waals surface area contributed by atoms with Gasteiger partial charge >= 0.3 is 0 Å². The Balaban J connectivity index is 1.99. The number of para-hydroxylation sites is 1. The van der Waals surface area contributed by atoms with Crippen LogP contribution in [0.1, 0.15) is 38.1 Å². The summed E-state index contributed by atoms with van der Waals surface area (Å²) in [6.07, 6.45) is 0. The van der Waals surface area contributed by atoms with Crippen LogP contribution < -0.4 is 10.1 Å². The predicted molar refractivity (Wildman–Crippen MR) is 115 cm³/mol. The number of hydrogen-bond donors (Lipinski definition) is 1. The predicted octanol–water partition coefficient (Wildman–Crippen LogP) is 5.22. The summed E-state index contributed by atoms with van der Waals surface area (Å²) in [6.45, 7) is 10.4. The first-order chi connectivity index (χ1) is 12.8. The molecule has 0 saturated heterocycles. The number of thiocarbonyl (C=S) groups is 1. The van der Waals surface area contributed by atoms with Crippen LogP contribution in [0.4, 0.5) is 5.69 Å². The lowest BCUT2D eigenvalue weighted by Gasteiger charge is -2.28. The molecule has 0 bridgehead atoms. The minimum atomic E-state index is -0.156. The normalized spacial score (nSPS) is 10.7. The maximum Gasteiger partial charge on any atom is 0.264 e. The van der Waals surface area contributed by atoms with Crippen molar-refractivity contribution in [3.8, 4) is 5.75 Å². The second kappa shape index (κ2) is 10.1. The van der Waals surface area contributed by atoms with Crippen molar-refractivity contribution in [2.24, 2.45) is 11.8 Å². The maximum absolute atomic E-state index is 12.3. The zero-order valence-corrected chi connectivity index (χ0v) is 17.3. The number of hydrogen-bond acceptors (Lipinski definition) is 3. The summed E-state index contributed by atoms with van der Waals surface area (Å²) in [6, 6.07) is 16.4. The van der Waals surface area contributed by atoms with E-state index in [1.165, 1.54) is 0 Å². The van der Waals surface area contributed by atoms with Gasteiger partial charge in [-0.1, -0.05) is 45.9 Å². The number of carbonyl (C=O) groups excluding carboxylic acids is 1. The van der Waals surface area contributed by atoms with Gasteiger partial charge in [-0.3, -0.25) is 4.79 Å². The molecule has 0 aliphatic heterocycles. The lowest BCUT2D eigenvalue weighted by molar-refractivity contribution is 0.102. The zero-order chi connectivity index (χ0) is 19.8. The SMILES string of the molecule is CC(C)CN(CC(C)C)C(=S)Oc1ccc(C(=O)Nc2ccccc2)cc1. The van der Waals surface area contributed by atoms with Crippen LogP contribution in [0.15, 0.2) is 54.6 Å². The van der Waals surface area contributed by atoms with Crippen molar-refractivity contribution in [2.75, 3.05) is 18.4 Å². The molecule has 2 aromatic rings. The third-order valence-corrected chi connectivity index (χ3v) is 4.12. The van der Waals surface area contributed by atoms with Gasteiger partial charge in [0.05, 0.1) is 0 Å². The van der Waals surface area contributed by atoms with Gasteiger partial charge in [0.25, 0.3) is 11.1 Å². The van der Waals surface area contributed by atoms with Crippen LogP contribution in [0.25, 0.3) is 0 Å². The van der Waals surface area contributed by atoms with Gasteiger partial charge in [-0.2, -0.15) is 0 Å². The monoisotopic (exact) mass is 384 g/mol. The number of nitrogens with one attached hydrogen (secondary N) is 1. The van der Waals surface area contributed by atoms with Crippen LogP contribution in [-0.4, -0.2) is 29.1 Å². The Bertz CT molecular complexity index is 733. The molecular formula is C22H28N2O2S. The van der Waals surface area contributed by atoms with Crippen LogP contribution in [0.5, 0.6) is 5.75 Å². The summed E-state index contributed by atoms with van der Waals surface area (Å²) in [5, 5.41) is 3.34. The highest BCUT2D eigenvalue weighted by Crippen LogP contribution is 2.16. The molecule has 0 radical (unpaired) electrons. The van der Waals surface area contributed by atoms with Gasteiger partial charge < -0.3 is 15.0 Å². The highest BCUT2D eigenvalue weighted by atomic mass is 32.1. The summed E-state index contributed by atoms with van der Waals surface area (Å²) in [5.74, 6) is 1.47. The fourth-order valence-electron chi connectivity index (χ4n) is 2.67. The van der Waals surface area contributed by atoms with E-state index in [2.05, 4.69) is 37.9 Å². The van der Waals surface area contributed by atoms with Gasteiger partial charge in [0.1, 0.15) is 5.75 Å². The Morgan fingerprint density at radius 2 is 1.52 bits per heavy atom. The van der Waals surface area contributed by atoms with E-state index in [9.17, 15) is 4.79 Å². The zero-order valence-electron chi connectivity index (χ0n) is 16.4. The number of anilines is 1. The lowest BCUT2D eigenvalue weighted by Crippen LogP contribution is -2.38. The van der Waals surface area contributed by atoms with Crippen molar-refractivity contribution in [3.05, 3.63) is 60.2 Å². The number of rotatable bonds is 7. The molecule has 0 aliphatic carbocycles. The van der Waals surface area contributed by atoms with E-state index in [4.69, 9.17) is 17.0 Å². The summed E-state index contributed by atoms with van der Waals surface area (Å²) >= 11 is 5.49. The fourth-order valence-corrected chi connectivity index (χ4v) is 2.91. The van der Waals surface area contributed by atoms with Crippen LogP contribution in [0.2, 0.25) is 0 Å². The molecule has 2 rings (SSSR count). The molecule has 0 unspecified atom stereocenters. The minimum Gasteiger partial charge on any atom is -0.432 e. The van der Waals surface area contributed by atoms with Crippen molar-refractivity contribution in [3.63, 3.8) is 0 Å². The first-order valence-electron chi connectivity index (χ1n) is 9.28. The molecule has 1 N–H and O–H groups in total. The molecule has 27 heavy (non-hydrogen) atoms. The molecule has 144 valence electrons. The number of ether oxygens (including phenoxy) is 1. The number of nitrogens with zero attached hydrogens (tertiary/aromatic N) is 1. The van der Waals surface area contributed by atoms with E-state index in [-0.39, 0.29) is 5.91 Å². The van der Waals surface area contributed by atoms with Crippen LogP contribution in [0, 0.1) is 11.8 Å². The topological polar surface area (TPSA) is 41.6 Å². The van der Waals surface area contributed by atoms with Crippen molar-refractivity contribution < 1.29 is 9.53 Å².